The fraction of sp³-hybridized carbons (Fsp3) is 0.0625. The molecule has 1 aromatic heterocycles. The lowest BCUT2D eigenvalue weighted by Crippen LogP contribution is -2.14. The molecule has 7 heteroatoms. The van der Waals surface area contributed by atoms with Crippen LogP contribution in [0.5, 0.6) is 5.75 Å². The van der Waals surface area contributed by atoms with Crippen molar-refractivity contribution < 1.29 is 17.6 Å². The maximum absolute atomic E-state index is 12.6. The Morgan fingerprint density at radius 3 is 2.43 bits per heavy atom. The summed E-state index contributed by atoms with van der Waals surface area (Å²) in [5.41, 5.74) is -0.744. The van der Waals surface area contributed by atoms with Crippen molar-refractivity contribution in [3.8, 4) is 5.75 Å². The summed E-state index contributed by atoms with van der Waals surface area (Å²) in [4.78, 5) is 11.7. The average molecular weight is 351 g/mol. The predicted octanol–water partition coefficient (Wildman–Crippen LogP) is 3.29. The van der Waals surface area contributed by atoms with Crippen LogP contribution in [-0.4, -0.2) is 15.5 Å². The van der Waals surface area contributed by atoms with Crippen LogP contribution in [-0.2, 0) is 9.84 Å². The van der Waals surface area contributed by atoms with Gasteiger partial charge in [-0.2, -0.15) is 0 Å². The molecule has 0 aliphatic heterocycles. The van der Waals surface area contributed by atoms with E-state index in [1.807, 2.05) is 0 Å². The third-order valence-electron chi connectivity index (χ3n) is 3.33. The Morgan fingerprint density at radius 1 is 1.09 bits per heavy atom. The topological polar surface area (TPSA) is 73.6 Å². The molecule has 0 atom stereocenters. The van der Waals surface area contributed by atoms with E-state index in [9.17, 15) is 13.2 Å². The first-order valence-corrected chi connectivity index (χ1v) is 8.41. The highest BCUT2D eigenvalue weighted by Crippen LogP contribution is 2.27. The van der Waals surface area contributed by atoms with Gasteiger partial charge in [0.15, 0.2) is 16.2 Å². The molecule has 1 heterocycles. The molecule has 0 bridgehead atoms. The zero-order valence-corrected chi connectivity index (χ0v) is 13.5. The van der Waals surface area contributed by atoms with Crippen molar-refractivity contribution in [1.29, 1.82) is 0 Å². The average Bonchev–Trinajstić information content (AvgIpc) is 2.54. The zero-order valence-electron chi connectivity index (χ0n) is 11.9. The van der Waals surface area contributed by atoms with E-state index in [1.165, 1.54) is 37.4 Å². The summed E-state index contributed by atoms with van der Waals surface area (Å²) in [5.74, 6) is 0.357. The Hall–Kier alpha value is -2.31. The summed E-state index contributed by atoms with van der Waals surface area (Å²) in [6, 6.07) is 11.8. The zero-order chi connectivity index (χ0) is 16.6. The van der Waals surface area contributed by atoms with Crippen molar-refractivity contribution in [2.45, 2.75) is 9.79 Å². The van der Waals surface area contributed by atoms with E-state index < -0.39 is 20.4 Å². The molecule has 2 aromatic carbocycles. The maximum atomic E-state index is 12.6. The molecule has 0 saturated heterocycles. The standard InChI is InChI=1S/C16H11ClO5S/c1-21-13-4-2-3-10-9-14(16(18)22-15(10)13)23(19,20)12-7-5-11(17)6-8-12/h2-9H,1H3. The third-order valence-corrected chi connectivity index (χ3v) is 5.33. The second-order valence-corrected chi connectivity index (χ2v) is 7.09. The van der Waals surface area contributed by atoms with Crippen molar-refractivity contribution in [2.24, 2.45) is 0 Å². The van der Waals surface area contributed by atoms with Gasteiger partial charge in [0.25, 0.3) is 0 Å². The number of sulfone groups is 1. The molecule has 3 aromatic rings. The monoisotopic (exact) mass is 350 g/mol. The van der Waals surface area contributed by atoms with Gasteiger partial charge in [0.05, 0.1) is 12.0 Å². The molecule has 0 saturated carbocycles. The first-order valence-electron chi connectivity index (χ1n) is 6.55. The van der Waals surface area contributed by atoms with E-state index in [-0.39, 0.29) is 10.5 Å². The van der Waals surface area contributed by atoms with Gasteiger partial charge in [-0.3, -0.25) is 0 Å². The molecule has 3 rings (SSSR count). The van der Waals surface area contributed by atoms with Crippen LogP contribution in [0, 0.1) is 0 Å². The van der Waals surface area contributed by atoms with Gasteiger partial charge in [-0.15, -0.1) is 0 Å². The largest absolute Gasteiger partial charge is 0.493 e. The van der Waals surface area contributed by atoms with Gasteiger partial charge in [0, 0.05) is 10.4 Å². The van der Waals surface area contributed by atoms with Crippen LogP contribution < -0.4 is 10.4 Å². The summed E-state index contributed by atoms with van der Waals surface area (Å²) < 4.78 is 35.5. The molecular weight excluding hydrogens is 340 g/mol. The fourth-order valence-electron chi connectivity index (χ4n) is 2.19. The lowest BCUT2D eigenvalue weighted by molar-refractivity contribution is 0.405. The van der Waals surface area contributed by atoms with Gasteiger partial charge in [-0.05, 0) is 36.4 Å². The highest BCUT2D eigenvalue weighted by molar-refractivity contribution is 7.91. The number of methoxy groups -OCH3 is 1. The molecule has 0 amide bonds. The molecule has 0 unspecified atom stereocenters. The first-order chi connectivity index (χ1) is 10.9. The second kappa shape index (κ2) is 5.72. The van der Waals surface area contributed by atoms with E-state index in [4.69, 9.17) is 20.8 Å². The van der Waals surface area contributed by atoms with Gasteiger partial charge in [0.2, 0.25) is 9.84 Å². The fourth-order valence-corrected chi connectivity index (χ4v) is 3.61. The summed E-state index contributed by atoms with van der Waals surface area (Å²) in [5, 5.41) is 0.857. The third kappa shape index (κ3) is 2.71. The Bertz CT molecular complexity index is 1040. The summed E-state index contributed by atoms with van der Waals surface area (Å²) in [6.45, 7) is 0. The van der Waals surface area contributed by atoms with Crippen molar-refractivity contribution in [1.82, 2.24) is 0 Å². The minimum absolute atomic E-state index is 0.0311. The number of rotatable bonds is 3. The summed E-state index contributed by atoms with van der Waals surface area (Å²) in [7, 11) is -2.57. The molecule has 23 heavy (non-hydrogen) atoms. The highest BCUT2D eigenvalue weighted by Gasteiger charge is 2.23. The van der Waals surface area contributed by atoms with Gasteiger partial charge >= 0.3 is 5.63 Å². The Labute approximate surface area is 137 Å². The second-order valence-electron chi connectivity index (χ2n) is 4.73. The molecule has 0 fully saturated rings. The van der Waals surface area contributed by atoms with Crippen molar-refractivity contribution in [3.05, 3.63) is 64.0 Å². The van der Waals surface area contributed by atoms with Crippen LogP contribution in [0.15, 0.2) is 67.5 Å². The van der Waals surface area contributed by atoms with Crippen LogP contribution in [0.3, 0.4) is 0 Å². The Morgan fingerprint density at radius 2 is 1.78 bits per heavy atom. The molecule has 118 valence electrons. The van der Waals surface area contributed by atoms with Crippen molar-refractivity contribution >= 4 is 32.4 Å². The SMILES string of the molecule is COc1cccc2cc(S(=O)(=O)c3ccc(Cl)cc3)c(=O)oc12. The first kappa shape index (κ1) is 15.6. The van der Waals surface area contributed by atoms with Gasteiger partial charge in [0.1, 0.15) is 0 Å². The molecule has 0 radical (unpaired) electrons. The van der Waals surface area contributed by atoms with E-state index in [0.717, 1.165) is 0 Å². The molecular formula is C16H11ClO5S. The van der Waals surface area contributed by atoms with Crippen LogP contribution in [0.25, 0.3) is 11.0 Å². The molecule has 5 nitrogen and oxygen atoms in total. The molecule has 0 aliphatic rings. The van der Waals surface area contributed by atoms with Crippen LogP contribution >= 0.6 is 11.6 Å². The van der Waals surface area contributed by atoms with Crippen molar-refractivity contribution in [2.75, 3.05) is 7.11 Å². The lowest BCUT2D eigenvalue weighted by Gasteiger charge is -2.07. The number of para-hydroxylation sites is 1. The smallest absolute Gasteiger partial charge is 0.355 e. The van der Waals surface area contributed by atoms with Gasteiger partial charge in [-0.1, -0.05) is 23.7 Å². The number of ether oxygens (including phenoxy) is 1. The van der Waals surface area contributed by atoms with E-state index >= 15 is 0 Å². The maximum Gasteiger partial charge on any atom is 0.355 e. The molecule has 0 N–H and O–H groups in total. The summed E-state index contributed by atoms with van der Waals surface area (Å²) in [6.07, 6.45) is 0. The quantitative estimate of drug-likeness (QED) is 0.678. The molecule has 0 spiro atoms. The number of hydrogen-bond acceptors (Lipinski definition) is 5. The van der Waals surface area contributed by atoms with Gasteiger partial charge in [-0.25, -0.2) is 13.2 Å². The minimum atomic E-state index is -4.00. The number of halogens is 1. The Balaban J connectivity index is 2.26. The van der Waals surface area contributed by atoms with Gasteiger partial charge < -0.3 is 9.15 Å². The lowest BCUT2D eigenvalue weighted by atomic mass is 10.2. The molecule has 0 aliphatic carbocycles. The van der Waals surface area contributed by atoms with E-state index in [1.54, 1.807) is 18.2 Å². The van der Waals surface area contributed by atoms with E-state index in [0.29, 0.717) is 16.2 Å². The Kier molecular flexibility index (Phi) is 3.87. The van der Waals surface area contributed by atoms with Crippen molar-refractivity contribution in [3.63, 3.8) is 0 Å². The minimum Gasteiger partial charge on any atom is -0.493 e. The van der Waals surface area contributed by atoms with Crippen LogP contribution in [0.1, 0.15) is 0 Å². The number of benzene rings is 2. The number of fused-ring (bicyclic) bond motifs is 1. The van der Waals surface area contributed by atoms with Crippen LogP contribution in [0.2, 0.25) is 5.02 Å². The predicted molar refractivity (Wildman–Crippen MR) is 85.9 cm³/mol. The summed E-state index contributed by atoms with van der Waals surface area (Å²) >= 11 is 5.76. The highest BCUT2D eigenvalue weighted by atomic mass is 35.5. The number of hydrogen-bond donors (Lipinski definition) is 0. The normalized spacial score (nSPS) is 11.6. The van der Waals surface area contributed by atoms with E-state index in [2.05, 4.69) is 0 Å². The van der Waals surface area contributed by atoms with Crippen LogP contribution in [0.4, 0.5) is 0 Å².